The van der Waals surface area contributed by atoms with Gasteiger partial charge in [-0.05, 0) is 60.5 Å². The Morgan fingerprint density at radius 3 is 2.46 bits per heavy atom. The highest BCUT2D eigenvalue weighted by Crippen LogP contribution is 2.29. The molecule has 0 bridgehead atoms. The van der Waals surface area contributed by atoms with E-state index in [-0.39, 0.29) is 30.6 Å². The standard InChI is InChI=1S/C29H23ClN4O3/c1-18-14-19(8-10-22(18)27(35)24-7-3-5-13-32-24)17-34-26(16-21-6-2-4-12-31-21)28(36)33-25-15-20(30)9-11-23(25)29(34)37/h2-15,26H,16-17H2,1H3,(H,33,36)/t26-/m1/s1. The molecule has 2 aromatic heterocycles. The fourth-order valence-corrected chi connectivity index (χ4v) is 4.64. The third-order valence-corrected chi connectivity index (χ3v) is 6.56. The minimum Gasteiger partial charge on any atom is -0.323 e. The molecule has 0 saturated heterocycles. The van der Waals surface area contributed by atoms with Crippen molar-refractivity contribution in [1.29, 1.82) is 0 Å². The zero-order valence-electron chi connectivity index (χ0n) is 20.0. The van der Waals surface area contributed by atoms with E-state index in [9.17, 15) is 14.4 Å². The molecule has 37 heavy (non-hydrogen) atoms. The molecular weight excluding hydrogens is 488 g/mol. The molecule has 1 atom stereocenters. The van der Waals surface area contributed by atoms with E-state index in [0.717, 1.165) is 11.1 Å². The molecule has 1 aliphatic rings. The third-order valence-electron chi connectivity index (χ3n) is 6.32. The second-order valence-corrected chi connectivity index (χ2v) is 9.28. The first-order valence-electron chi connectivity index (χ1n) is 11.8. The lowest BCUT2D eigenvalue weighted by atomic mass is 9.98. The van der Waals surface area contributed by atoms with Crippen molar-refractivity contribution < 1.29 is 14.4 Å². The normalized spacial score (nSPS) is 15.1. The van der Waals surface area contributed by atoms with E-state index in [2.05, 4.69) is 15.3 Å². The van der Waals surface area contributed by atoms with Gasteiger partial charge < -0.3 is 10.2 Å². The largest absolute Gasteiger partial charge is 0.323 e. The van der Waals surface area contributed by atoms with Crippen LogP contribution in [0.4, 0.5) is 5.69 Å². The molecular formula is C29H23ClN4O3. The van der Waals surface area contributed by atoms with E-state index in [0.29, 0.717) is 33.2 Å². The number of hydrogen-bond acceptors (Lipinski definition) is 5. The van der Waals surface area contributed by atoms with E-state index in [4.69, 9.17) is 11.6 Å². The molecule has 184 valence electrons. The highest BCUT2D eigenvalue weighted by Gasteiger charge is 2.36. The van der Waals surface area contributed by atoms with Crippen molar-refractivity contribution in [3.63, 3.8) is 0 Å². The summed E-state index contributed by atoms with van der Waals surface area (Å²) in [5.41, 5.74) is 3.88. The summed E-state index contributed by atoms with van der Waals surface area (Å²) in [5, 5.41) is 3.29. The van der Waals surface area contributed by atoms with Crippen molar-refractivity contribution >= 4 is 34.9 Å². The average Bonchev–Trinajstić information content (AvgIpc) is 2.99. The Labute approximate surface area is 219 Å². The molecule has 0 spiro atoms. The van der Waals surface area contributed by atoms with Gasteiger partial charge in [0.2, 0.25) is 11.7 Å². The number of fused-ring (bicyclic) bond motifs is 1. The van der Waals surface area contributed by atoms with Crippen LogP contribution in [0.1, 0.15) is 43.2 Å². The maximum atomic E-state index is 13.8. The molecule has 2 aromatic carbocycles. The van der Waals surface area contributed by atoms with Gasteiger partial charge in [0.05, 0.1) is 11.3 Å². The molecule has 7 nitrogen and oxygen atoms in total. The number of amides is 2. The summed E-state index contributed by atoms with van der Waals surface area (Å²) in [7, 11) is 0. The monoisotopic (exact) mass is 510 g/mol. The Kier molecular flexibility index (Phi) is 6.79. The second kappa shape index (κ2) is 10.3. The second-order valence-electron chi connectivity index (χ2n) is 8.85. The minimum absolute atomic E-state index is 0.171. The Balaban J connectivity index is 1.49. The van der Waals surface area contributed by atoms with Gasteiger partial charge >= 0.3 is 0 Å². The first kappa shape index (κ1) is 24.3. The minimum atomic E-state index is -0.802. The van der Waals surface area contributed by atoms with E-state index >= 15 is 0 Å². The maximum Gasteiger partial charge on any atom is 0.256 e. The Hall–Kier alpha value is -4.36. The summed E-state index contributed by atoms with van der Waals surface area (Å²) in [5.74, 6) is -0.787. The van der Waals surface area contributed by atoms with E-state index in [1.807, 2.05) is 25.1 Å². The Morgan fingerprint density at radius 2 is 1.76 bits per heavy atom. The Morgan fingerprint density at radius 1 is 0.973 bits per heavy atom. The van der Waals surface area contributed by atoms with Crippen molar-refractivity contribution in [2.24, 2.45) is 0 Å². The highest BCUT2D eigenvalue weighted by molar-refractivity contribution is 6.31. The number of pyridine rings is 2. The summed E-state index contributed by atoms with van der Waals surface area (Å²) in [4.78, 5) is 50.1. The number of carbonyl (C=O) groups is 3. The number of halogens is 1. The van der Waals surface area contributed by atoms with Crippen LogP contribution >= 0.6 is 11.6 Å². The van der Waals surface area contributed by atoms with Crippen LogP contribution in [-0.2, 0) is 17.8 Å². The summed E-state index contributed by atoms with van der Waals surface area (Å²) < 4.78 is 0. The number of nitrogens with zero attached hydrogens (tertiary/aromatic N) is 3. The highest BCUT2D eigenvalue weighted by atomic mass is 35.5. The van der Waals surface area contributed by atoms with Gasteiger partial charge in [-0.15, -0.1) is 0 Å². The van der Waals surface area contributed by atoms with Gasteiger partial charge in [0, 0.05) is 41.6 Å². The predicted molar refractivity (Wildman–Crippen MR) is 141 cm³/mol. The SMILES string of the molecule is Cc1cc(CN2C(=O)c3ccc(Cl)cc3NC(=O)[C@H]2Cc2ccccn2)ccc1C(=O)c1ccccn1. The zero-order valence-corrected chi connectivity index (χ0v) is 20.8. The fraction of sp³-hybridized carbons (Fsp3) is 0.138. The van der Waals surface area contributed by atoms with Crippen LogP contribution in [0.5, 0.6) is 0 Å². The van der Waals surface area contributed by atoms with Crippen molar-refractivity contribution in [3.8, 4) is 0 Å². The van der Waals surface area contributed by atoms with Gasteiger partial charge in [-0.25, -0.2) is 0 Å². The topological polar surface area (TPSA) is 92.3 Å². The summed E-state index contributed by atoms with van der Waals surface area (Å²) in [6.45, 7) is 2.02. The van der Waals surface area contributed by atoms with Crippen LogP contribution in [0.15, 0.2) is 85.2 Å². The molecule has 4 aromatic rings. The molecule has 1 aliphatic heterocycles. The van der Waals surface area contributed by atoms with Crippen LogP contribution in [0, 0.1) is 6.92 Å². The van der Waals surface area contributed by atoms with Crippen molar-refractivity contribution in [3.05, 3.63) is 124 Å². The quantitative estimate of drug-likeness (QED) is 0.373. The molecule has 0 fully saturated rings. The van der Waals surface area contributed by atoms with E-state index in [1.54, 1.807) is 71.9 Å². The van der Waals surface area contributed by atoms with Crippen LogP contribution in [0.2, 0.25) is 5.02 Å². The lowest BCUT2D eigenvalue weighted by Crippen LogP contribution is -2.46. The first-order chi connectivity index (χ1) is 17.9. The van der Waals surface area contributed by atoms with Crippen LogP contribution in [0.25, 0.3) is 0 Å². The number of ketones is 1. The molecule has 8 heteroatoms. The molecule has 3 heterocycles. The lowest BCUT2D eigenvalue weighted by molar-refractivity contribution is -0.120. The molecule has 0 radical (unpaired) electrons. The van der Waals surface area contributed by atoms with Gasteiger partial charge in [-0.3, -0.25) is 24.4 Å². The number of nitrogens with one attached hydrogen (secondary N) is 1. The van der Waals surface area contributed by atoms with Gasteiger partial charge in [0.1, 0.15) is 11.7 Å². The van der Waals surface area contributed by atoms with Gasteiger partial charge in [-0.2, -0.15) is 0 Å². The van der Waals surface area contributed by atoms with E-state index < -0.39 is 6.04 Å². The summed E-state index contributed by atoms with van der Waals surface area (Å²) in [6, 6.07) is 20.1. The van der Waals surface area contributed by atoms with Crippen LogP contribution < -0.4 is 5.32 Å². The number of carbonyl (C=O) groups excluding carboxylic acids is 3. The average molecular weight is 511 g/mol. The van der Waals surface area contributed by atoms with Gasteiger partial charge in [0.25, 0.3) is 5.91 Å². The van der Waals surface area contributed by atoms with Crippen molar-refractivity contribution in [1.82, 2.24) is 14.9 Å². The molecule has 2 amide bonds. The first-order valence-corrected chi connectivity index (χ1v) is 12.1. The molecule has 5 rings (SSSR count). The molecule has 0 unspecified atom stereocenters. The molecule has 1 N–H and O–H groups in total. The maximum absolute atomic E-state index is 13.8. The van der Waals surface area contributed by atoms with Crippen LogP contribution in [0.3, 0.4) is 0 Å². The number of aryl methyl sites for hydroxylation is 1. The van der Waals surface area contributed by atoms with Crippen LogP contribution in [-0.4, -0.2) is 38.5 Å². The van der Waals surface area contributed by atoms with Gasteiger partial charge in [-0.1, -0.05) is 41.9 Å². The van der Waals surface area contributed by atoms with Crippen molar-refractivity contribution in [2.75, 3.05) is 5.32 Å². The smallest absolute Gasteiger partial charge is 0.256 e. The third kappa shape index (κ3) is 5.13. The number of hydrogen-bond donors (Lipinski definition) is 1. The number of aromatic nitrogens is 2. The number of anilines is 1. The predicted octanol–water partition coefficient (Wildman–Crippen LogP) is 4.88. The molecule has 0 saturated carbocycles. The van der Waals surface area contributed by atoms with Gasteiger partial charge in [0.15, 0.2) is 0 Å². The number of benzene rings is 2. The Bertz CT molecular complexity index is 1490. The summed E-state index contributed by atoms with van der Waals surface area (Å²) >= 11 is 6.14. The summed E-state index contributed by atoms with van der Waals surface area (Å²) in [6.07, 6.45) is 3.49. The fourth-order valence-electron chi connectivity index (χ4n) is 4.47. The zero-order chi connectivity index (χ0) is 25.9. The molecule has 0 aliphatic carbocycles. The van der Waals surface area contributed by atoms with E-state index in [1.165, 1.54) is 0 Å². The lowest BCUT2D eigenvalue weighted by Gasteiger charge is -2.29. The van der Waals surface area contributed by atoms with Crippen molar-refractivity contribution in [2.45, 2.75) is 25.9 Å². The number of rotatable bonds is 6.